The first kappa shape index (κ1) is 34.2. The average molecular weight is 708 g/mol. The van der Waals surface area contributed by atoms with Gasteiger partial charge in [-0.3, -0.25) is 10.1 Å². The van der Waals surface area contributed by atoms with Crippen molar-refractivity contribution in [3.05, 3.63) is 132 Å². The van der Waals surface area contributed by atoms with Gasteiger partial charge in [0.1, 0.15) is 11.4 Å². The van der Waals surface area contributed by atoms with E-state index in [1.54, 1.807) is 97.2 Å². The number of para-hydroxylation sites is 1. The molecule has 2 heterocycles. The standard InChI is InChI=1S/C38H34ClN5O5S/c1-4-38(2,3)49-37(46)43-26-19-17-25(18-20-26)36(45)42-28-12-10-11-27(21-28)41-35-22-31(33(39)23-40-35)32-24-44(34-16-9-8-15-30(32)34)50(47,48)29-13-6-5-7-14-29/h5-24H,4H2,1-3H3,(H,40,41)(H,42,45)(H,43,46). The van der Waals surface area contributed by atoms with Gasteiger partial charge in [-0.1, -0.05) is 61.0 Å². The zero-order chi connectivity index (χ0) is 35.5. The second-order valence-corrected chi connectivity index (χ2v) is 14.3. The summed E-state index contributed by atoms with van der Waals surface area (Å²) in [7, 11) is -3.89. The van der Waals surface area contributed by atoms with Gasteiger partial charge in [0.2, 0.25) is 0 Å². The Morgan fingerprint density at radius 1 is 0.820 bits per heavy atom. The van der Waals surface area contributed by atoms with Crippen molar-refractivity contribution in [2.24, 2.45) is 0 Å². The van der Waals surface area contributed by atoms with Crippen LogP contribution in [0.25, 0.3) is 22.0 Å². The molecule has 0 bridgehead atoms. The molecule has 6 aromatic rings. The zero-order valence-corrected chi connectivity index (χ0v) is 29.0. The minimum atomic E-state index is -3.89. The normalized spacial score (nSPS) is 11.6. The zero-order valence-electron chi connectivity index (χ0n) is 27.5. The van der Waals surface area contributed by atoms with Crippen LogP contribution in [-0.2, 0) is 14.8 Å². The number of nitrogens with zero attached hydrogens (tertiary/aromatic N) is 2. The van der Waals surface area contributed by atoms with Gasteiger partial charge in [-0.05, 0) is 87.0 Å². The highest BCUT2D eigenvalue weighted by molar-refractivity contribution is 7.90. The van der Waals surface area contributed by atoms with Crippen LogP contribution in [0.5, 0.6) is 0 Å². The van der Waals surface area contributed by atoms with Crippen molar-refractivity contribution in [1.29, 1.82) is 0 Å². The molecule has 0 fully saturated rings. The van der Waals surface area contributed by atoms with Gasteiger partial charge in [0, 0.05) is 51.5 Å². The van der Waals surface area contributed by atoms with Crippen molar-refractivity contribution in [2.75, 3.05) is 16.0 Å². The van der Waals surface area contributed by atoms with Crippen LogP contribution in [0, 0.1) is 0 Å². The Hall–Kier alpha value is -5.65. The van der Waals surface area contributed by atoms with E-state index in [1.165, 1.54) is 10.2 Å². The van der Waals surface area contributed by atoms with E-state index in [-0.39, 0.29) is 10.8 Å². The van der Waals surface area contributed by atoms with Crippen LogP contribution >= 0.6 is 11.6 Å². The van der Waals surface area contributed by atoms with E-state index in [0.29, 0.717) is 61.9 Å². The quantitative estimate of drug-likeness (QED) is 0.129. The molecule has 50 heavy (non-hydrogen) atoms. The van der Waals surface area contributed by atoms with Gasteiger partial charge >= 0.3 is 6.09 Å². The van der Waals surface area contributed by atoms with Gasteiger partial charge in [0.25, 0.3) is 15.9 Å². The molecule has 0 aliphatic carbocycles. The molecule has 0 saturated heterocycles. The van der Waals surface area contributed by atoms with E-state index in [1.807, 2.05) is 39.0 Å². The van der Waals surface area contributed by atoms with Crippen LogP contribution in [-0.4, -0.2) is 35.0 Å². The summed E-state index contributed by atoms with van der Waals surface area (Å²) in [6.07, 6.45) is 3.19. The number of ether oxygens (including phenoxy) is 1. The number of fused-ring (bicyclic) bond motifs is 1. The van der Waals surface area contributed by atoms with E-state index >= 15 is 0 Å². The molecule has 2 aromatic heterocycles. The van der Waals surface area contributed by atoms with Crippen molar-refractivity contribution < 1.29 is 22.7 Å². The lowest BCUT2D eigenvalue weighted by Crippen LogP contribution is -2.29. The fraction of sp³-hybridized carbons (Fsp3) is 0.132. The number of pyridine rings is 1. The molecule has 3 N–H and O–H groups in total. The van der Waals surface area contributed by atoms with Gasteiger partial charge in [-0.15, -0.1) is 0 Å². The third-order valence-corrected chi connectivity index (χ3v) is 10.1. The van der Waals surface area contributed by atoms with Crippen molar-refractivity contribution in [3.8, 4) is 11.1 Å². The molecule has 2 amide bonds. The third kappa shape index (κ3) is 7.49. The molecule has 254 valence electrons. The van der Waals surface area contributed by atoms with Crippen molar-refractivity contribution in [1.82, 2.24) is 8.96 Å². The maximum atomic E-state index is 13.6. The molecular formula is C38H34ClN5O5S. The minimum Gasteiger partial charge on any atom is -0.443 e. The van der Waals surface area contributed by atoms with Gasteiger partial charge in [-0.2, -0.15) is 0 Å². The Morgan fingerprint density at radius 2 is 1.52 bits per heavy atom. The van der Waals surface area contributed by atoms with Gasteiger partial charge in [0.15, 0.2) is 0 Å². The summed E-state index contributed by atoms with van der Waals surface area (Å²) in [5.74, 6) is 0.122. The highest BCUT2D eigenvalue weighted by atomic mass is 35.5. The molecule has 10 nitrogen and oxygen atoms in total. The second-order valence-electron chi connectivity index (χ2n) is 12.1. The van der Waals surface area contributed by atoms with Crippen LogP contribution in [0.4, 0.5) is 27.7 Å². The van der Waals surface area contributed by atoms with Crippen molar-refractivity contribution in [2.45, 2.75) is 37.7 Å². The lowest BCUT2D eigenvalue weighted by atomic mass is 10.1. The van der Waals surface area contributed by atoms with E-state index < -0.39 is 21.7 Å². The number of aromatic nitrogens is 2. The fourth-order valence-electron chi connectivity index (χ4n) is 5.18. The number of nitrogens with one attached hydrogen (secondary N) is 3. The summed E-state index contributed by atoms with van der Waals surface area (Å²) in [6.45, 7) is 5.60. The Labute approximate surface area is 295 Å². The first-order chi connectivity index (χ1) is 23.9. The summed E-state index contributed by atoms with van der Waals surface area (Å²) in [4.78, 5) is 29.9. The summed E-state index contributed by atoms with van der Waals surface area (Å²) < 4.78 is 34.0. The molecule has 0 spiro atoms. The van der Waals surface area contributed by atoms with Crippen molar-refractivity contribution >= 4 is 67.4 Å². The highest BCUT2D eigenvalue weighted by Crippen LogP contribution is 2.38. The molecule has 0 radical (unpaired) electrons. The van der Waals surface area contributed by atoms with Crippen LogP contribution in [0.2, 0.25) is 5.02 Å². The molecule has 0 atom stereocenters. The monoisotopic (exact) mass is 707 g/mol. The number of hydrogen-bond acceptors (Lipinski definition) is 7. The molecule has 0 saturated carbocycles. The van der Waals surface area contributed by atoms with Gasteiger partial charge < -0.3 is 15.4 Å². The fourth-order valence-corrected chi connectivity index (χ4v) is 6.78. The van der Waals surface area contributed by atoms with Crippen LogP contribution in [0.15, 0.2) is 126 Å². The average Bonchev–Trinajstić information content (AvgIpc) is 3.50. The number of halogens is 1. The molecular weight excluding hydrogens is 674 g/mol. The number of carbonyl (C=O) groups excluding carboxylic acids is 2. The Bertz CT molecular complexity index is 2310. The molecule has 0 aliphatic rings. The molecule has 6 rings (SSSR count). The highest BCUT2D eigenvalue weighted by Gasteiger charge is 2.23. The SMILES string of the molecule is CCC(C)(C)OC(=O)Nc1ccc(C(=O)Nc2cccc(Nc3cc(-c4cn(S(=O)(=O)c5ccccc5)c5ccccc45)c(Cl)cn3)c2)cc1. The first-order valence-electron chi connectivity index (χ1n) is 15.8. The summed E-state index contributed by atoms with van der Waals surface area (Å²) in [5, 5.41) is 9.87. The maximum absolute atomic E-state index is 13.6. The van der Waals surface area contributed by atoms with E-state index in [0.717, 1.165) is 0 Å². The number of hydrogen-bond donors (Lipinski definition) is 3. The van der Waals surface area contributed by atoms with Gasteiger partial charge in [-0.25, -0.2) is 22.2 Å². The number of rotatable bonds is 10. The smallest absolute Gasteiger partial charge is 0.412 e. The number of amides is 2. The van der Waals surface area contributed by atoms with Crippen LogP contribution in [0.1, 0.15) is 37.6 Å². The molecule has 0 aliphatic heterocycles. The van der Waals surface area contributed by atoms with E-state index in [4.69, 9.17) is 16.3 Å². The number of carbonyl (C=O) groups is 2. The van der Waals surface area contributed by atoms with E-state index in [9.17, 15) is 18.0 Å². The first-order valence-corrected chi connectivity index (χ1v) is 17.6. The Morgan fingerprint density at radius 3 is 2.26 bits per heavy atom. The number of benzene rings is 4. The predicted octanol–water partition coefficient (Wildman–Crippen LogP) is 9.33. The molecule has 12 heteroatoms. The van der Waals surface area contributed by atoms with Crippen LogP contribution in [0.3, 0.4) is 0 Å². The van der Waals surface area contributed by atoms with Crippen LogP contribution < -0.4 is 16.0 Å². The third-order valence-electron chi connectivity index (χ3n) is 8.13. The molecule has 0 unspecified atom stereocenters. The summed E-state index contributed by atoms with van der Waals surface area (Å²) in [5.41, 5.74) is 3.22. The maximum Gasteiger partial charge on any atom is 0.412 e. The Kier molecular flexibility index (Phi) is 9.63. The summed E-state index contributed by atoms with van der Waals surface area (Å²) in [6, 6.07) is 30.8. The topological polar surface area (TPSA) is 131 Å². The van der Waals surface area contributed by atoms with Gasteiger partial charge in [0.05, 0.1) is 15.4 Å². The predicted molar refractivity (Wildman–Crippen MR) is 198 cm³/mol. The number of anilines is 4. The Balaban J connectivity index is 1.19. The minimum absolute atomic E-state index is 0.171. The van der Waals surface area contributed by atoms with Crippen molar-refractivity contribution in [3.63, 3.8) is 0 Å². The van der Waals surface area contributed by atoms with E-state index in [2.05, 4.69) is 20.9 Å². The lowest BCUT2D eigenvalue weighted by Gasteiger charge is -2.23. The summed E-state index contributed by atoms with van der Waals surface area (Å²) >= 11 is 6.66. The molecule has 4 aromatic carbocycles. The second kappa shape index (κ2) is 14.1. The lowest BCUT2D eigenvalue weighted by molar-refractivity contribution is 0.0462. The largest absolute Gasteiger partial charge is 0.443 e.